The average molecular weight is 633 g/mol. The highest BCUT2D eigenvalue weighted by Gasteiger charge is 2.45. The minimum Gasteiger partial charge on any atom is -0.350 e. The lowest BCUT2D eigenvalue weighted by Gasteiger charge is -2.46. The molecule has 0 aromatic rings. The molecular formula is C29H54F2N8O3S. The highest BCUT2D eigenvalue weighted by molar-refractivity contribution is 7.89. The number of nitrogens with two attached hydrogens (primary N) is 2. The van der Waals surface area contributed by atoms with Gasteiger partial charge < -0.3 is 27.0 Å². The number of nitrogens with one attached hydrogen (secondary N) is 2. The first kappa shape index (κ1) is 34.6. The van der Waals surface area contributed by atoms with Crippen molar-refractivity contribution in [2.75, 3.05) is 59.4 Å². The molecule has 11 nitrogen and oxygen atoms in total. The summed E-state index contributed by atoms with van der Waals surface area (Å²) in [5, 5.41) is 5.62. The van der Waals surface area contributed by atoms with Crippen LogP contribution in [0.3, 0.4) is 0 Å². The van der Waals surface area contributed by atoms with E-state index in [1.807, 2.05) is 11.9 Å². The summed E-state index contributed by atoms with van der Waals surface area (Å²) in [6.45, 7) is 7.96. The van der Waals surface area contributed by atoms with E-state index in [2.05, 4.69) is 34.4 Å². The van der Waals surface area contributed by atoms with Crippen LogP contribution in [0.2, 0.25) is 0 Å². The summed E-state index contributed by atoms with van der Waals surface area (Å²) < 4.78 is 58.3. The number of carbonyl (C=O) groups is 1. The molecule has 0 spiro atoms. The molecule has 0 saturated carbocycles. The molecule has 0 radical (unpaired) electrons. The Labute approximate surface area is 256 Å². The smallest absolute Gasteiger partial charge is 0.228 e. The van der Waals surface area contributed by atoms with Gasteiger partial charge in [-0.25, -0.2) is 17.2 Å². The van der Waals surface area contributed by atoms with Gasteiger partial charge >= 0.3 is 0 Å². The molecule has 0 aromatic heterocycles. The number of likely N-dealkylation sites (N-methyl/N-ethyl adjacent to an activating group) is 1. The normalized spacial score (nSPS) is 35.4. The molecule has 3 fully saturated rings. The van der Waals surface area contributed by atoms with Gasteiger partial charge in [-0.3, -0.25) is 14.7 Å². The first-order valence-corrected chi connectivity index (χ1v) is 17.6. The second kappa shape index (κ2) is 14.9. The second-order valence-corrected chi connectivity index (χ2v) is 15.8. The monoisotopic (exact) mass is 632 g/mol. The third kappa shape index (κ3) is 8.50. The van der Waals surface area contributed by atoms with Gasteiger partial charge in [0.25, 0.3) is 0 Å². The number of aliphatic imine (C=N–C) groups is 1. The summed E-state index contributed by atoms with van der Waals surface area (Å²) in [6.07, 6.45) is 2.05. The van der Waals surface area contributed by atoms with Crippen molar-refractivity contribution in [2.45, 2.75) is 101 Å². The number of hydrogen-bond acceptors (Lipinski definition) is 9. The Morgan fingerprint density at radius 2 is 1.79 bits per heavy atom. The van der Waals surface area contributed by atoms with Crippen LogP contribution in [0, 0.1) is 11.3 Å². The van der Waals surface area contributed by atoms with Crippen molar-refractivity contribution < 1.29 is 22.0 Å². The molecule has 7 atom stereocenters. The van der Waals surface area contributed by atoms with Crippen LogP contribution < -0.4 is 22.1 Å². The lowest BCUT2D eigenvalue weighted by Crippen LogP contribution is -2.67. The lowest BCUT2D eigenvalue weighted by molar-refractivity contribution is -0.128. The SMILES string of the molecule is CCCC1(C)CCC(F)C=NC(C(C(=O)NC2CNCC(F)C2N2CCC(S(=O)(=O)N3CCN(C)CC3)CC2)C(N)N)C1. The van der Waals surface area contributed by atoms with Crippen molar-refractivity contribution in [3.05, 3.63) is 0 Å². The maximum Gasteiger partial charge on any atom is 0.228 e. The molecule has 14 heteroatoms. The Hall–Kier alpha value is -1.29. The first-order valence-electron chi connectivity index (χ1n) is 16.1. The van der Waals surface area contributed by atoms with E-state index in [-0.39, 0.29) is 12.0 Å². The Morgan fingerprint density at radius 1 is 1.12 bits per heavy atom. The van der Waals surface area contributed by atoms with Crippen molar-refractivity contribution >= 4 is 22.1 Å². The van der Waals surface area contributed by atoms with Gasteiger partial charge in [0, 0.05) is 45.5 Å². The Balaban J connectivity index is 1.45. The molecule has 43 heavy (non-hydrogen) atoms. The van der Waals surface area contributed by atoms with Gasteiger partial charge in [-0.1, -0.05) is 20.3 Å². The summed E-state index contributed by atoms with van der Waals surface area (Å²) >= 11 is 0. The number of amides is 1. The highest BCUT2D eigenvalue weighted by atomic mass is 32.2. The average Bonchev–Trinajstić information content (AvgIpc) is 2.94. The number of nitrogens with zero attached hydrogens (tertiary/aromatic N) is 4. The van der Waals surface area contributed by atoms with Crippen molar-refractivity contribution in [1.29, 1.82) is 0 Å². The molecule has 4 heterocycles. The van der Waals surface area contributed by atoms with Crippen molar-refractivity contribution in [3.8, 4) is 0 Å². The molecule has 0 bridgehead atoms. The van der Waals surface area contributed by atoms with Crippen molar-refractivity contribution in [2.24, 2.45) is 27.8 Å². The fourth-order valence-corrected chi connectivity index (χ4v) is 9.48. The van der Waals surface area contributed by atoms with E-state index in [1.165, 1.54) is 6.21 Å². The van der Waals surface area contributed by atoms with E-state index in [0.29, 0.717) is 77.9 Å². The summed E-state index contributed by atoms with van der Waals surface area (Å²) in [5.74, 6) is -1.32. The maximum absolute atomic E-state index is 15.5. The number of hydrogen-bond donors (Lipinski definition) is 4. The molecule has 3 saturated heterocycles. The predicted molar refractivity (Wildman–Crippen MR) is 166 cm³/mol. The van der Waals surface area contributed by atoms with E-state index >= 15 is 4.39 Å². The quantitative estimate of drug-likeness (QED) is 0.268. The van der Waals surface area contributed by atoms with Gasteiger partial charge in [0.2, 0.25) is 15.9 Å². The fraction of sp³-hybridized carbons (Fsp3) is 0.931. The van der Waals surface area contributed by atoms with Crippen LogP contribution >= 0.6 is 0 Å². The molecule has 4 aliphatic heterocycles. The van der Waals surface area contributed by atoms with E-state index in [4.69, 9.17) is 11.5 Å². The lowest BCUT2D eigenvalue weighted by atomic mass is 9.72. The van der Waals surface area contributed by atoms with Gasteiger partial charge in [0.15, 0.2) is 0 Å². The predicted octanol–water partition coefficient (Wildman–Crippen LogP) is 0.450. The molecule has 6 N–H and O–H groups in total. The zero-order valence-electron chi connectivity index (χ0n) is 26.1. The third-order valence-electron chi connectivity index (χ3n) is 10.1. The van der Waals surface area contributed by atoms with Crippen LogP contribution in [0.15, 0.2) is 4.99 Å². The topological polar surface area (TPSA) is 149 Å². The van der Waals surface area contributed by atoms with Crippen LogP contribution in [0.1, 0.15) is 58.8 Å². The number of likely N-dealkylation sites (tertiary alicyclic amines) is 1. The van der Waals surface area contributed by atoms with Crippen LogP contribution in [0.5, 0.6) is 0 Å². The molecular weight excluding hydrogens is 578 g/mol. The maximum atomic E-state index is 15.5. The van der Waals surface area contributed by atoms with E-state index in [0.717, 1.165) is 12.8 Å². The molecule has 0 aliphatic carbocycles. The molecule has 248 valence electrons. The second-order valence-electron chi connectivity index (χ2n) is 13.6. The van der Waals surface area contributed by atoms with Gasteiger partial charge in [0.05, 0.1) is 35.5 Å². The minimum absolute atomic E-state index is 0.149. The number of alkyl halides is 2. The molecule has 7 unspecified atom stereocenters. The largest absolute Gasteiger partial charge is 0.350 e. The summed E-state index contributed by atoms with van der Waals surface area (Å²) in [6, 6.07) is -1.79. The number of sulfonamides is 1. The van der Waals surface area contributed by atoms with Crippen LogP contribution in [0.4, 0.5) is 8.78 Å². The molecule has 4 rings (SSSR count). The van der Waals surface area contributed by atoms with Crippen molar-refractivity contribution in [3.63, 3.8) is 0 Å². The molecule has 1 amide bonds. The van der Waals surface area contributed by atoms with Crippen molar-refractivity contribution in [1.82, 2.24) is 24.7 Å². The third-order valence-corrected chi connectivity index (χ3v) is 12.5. The van der Waals surface area contributed by atoms with Gasteiger partial charge in [-0.05, 0) is 64.1 Å². The van der Waals surface area contributed by atoms with E-state index in [9.17, 15) is 17.6 Å². The van der Waals surface area contributed by atoms with Gasteiger partial charge in [-0.15, -0.1) is 0 Å². The summed E-state index contributed by atoms with van der Waals surface area (Å²) in [7, 11) is -1.44. The van der Waals surface area contributed by atoms with Gasteiger partial charge in [-0.2, -0.15) is 4.31 Å². The molecule has 0 aromatic carbocycles. The van der Waals surface area contributed by atoms with Crippen LogP contribution in [-0.4, -0.2) is 136 Å². The zero-order chi connectivity index (χ0) is 31.4. The van der Waals surface area contributed by atoms with E-state index in [1.54, 1.807) is 4.31 Å². The zero-order valence-corrected chi connectivity index (χ0v) is 27.0. The highest BCUT2D eigenvalue weighted by Crippen LogP contribution is 2.39. The Morgan fingerprint density at radius 3 is 2.42 bits per heavy atom. The first-order chi connectivity index (χ1) is 20.3. The standard InChI is InChI=1S/C29H54F2N8O3S/c1-4-8-29(2)9-5-20(30)17-35-23(16-29)25(27(32)33)28(40)36-24-19-34-18-22(31)26(24)38-10-6-21(7-11-38)43(41,42)39-14-12-37(3)13-15-39/h17,20-27,34H,4-16,18-19,32-33H2,1-3H3,(H,36,40). The van der Waals surface area contributed by atoms with Gasteiger partial charge in [0.1, 0.15) is 12.3 Å². The van der Waals surface area contributed by atoms with Crippen LogP contribution in [-0.2, 0) is 14.8 Å². The number of halogens is 2. The number of carbonyl (C=O) groups excluding carboxylic acids is 1. The van der Waals surface area contributed by atoms with Crippen LogP contribution in [0.25, 0.3) is 0 Å². The number of piperazine rings is 1. The van der Waals surface area contributed by atoms with E-state index < -0.39 is 63.7 Å². The summed E-state index contributed by atoms with van der Waals surface area (Å²) in [5.41, 5.74) is 12.1. The number of piperidine rings is 2. The summed E-state index contributed by atoms with van der Waals surface area (Å²) in [4.78, 5) is 22.4. The number of rotatable bonds is 9. The molecule has 4 aliphatic rings. The Kier molecular flexibility index (Phi) is 12.0. The Bertz CT molecular complexity index is 1050. The fourth-order valence-electron chi connectivity index (χ4n) is 7.57. The minimum atomic E-state index is -3.43.